The summed E-state index contributed by atoms with van der Waals surface area (Å²) in [5, 5.41) is 3.03. The van der Waals surface area contributed by atoms with Crippen molar-refractivity contribution < 1.29 is 47.3 Å². The largest absolute Gasteiger partial charge is 0.511 e. The van der Waals surface area contributed by atoms with E-state index in [-0.39, 0.29) is 45.0 Å². The molecule has 3 saturated heterocycles. The van der Waals surface area contributed by atoms with E-state index in [0.717, 1.165) is 67.8 Å². The Kier molecular flexibility index (Phi) is 17.6. The van der Waals surface area contributed by atoms with Gasteiger partial charge in [-0.2, -0.15) is 0 Å². The maximum atomic E-state index is 13.8. The number of esters is 1. The predicted molar refractivity (Wildman–Crippen MR) is 240 cm³/mol. The maximum Gasteiger partial charge on any atom is 0.511 e. The lowest BCUT2D eigenvalue weighted by Gasteiger charge is -2.38. The van der Waals surface area contributed by atoms with E-state index in [4.69, 9.17) is 18.6 Å². The lowest BCUT2D eigenvalue weighted by Crippen LogP contribution is -2.51. The fourth-order valence-electron chi connectivity index (χ4n) is 8.54. The summed E-state index contributed by atoms with van der Waals surface area (Å²) < 4.78 is 27.2. The first kappa shape index (κ1) is 49.4. The second-order valence-electron chi connectivity index (χ2n) is 17.0. The summed E-state index contributed by atoms with van der Waals surface area (Å²) in [5.41, 5.74) is 4.72. The van der Waals surface area contributed by atoms with Gasteiger partial charge in [-0.05, 0) is 87.7 Å². The van der Waals surface area contributed by atoms with E-state index in [9.17, 15) is 28.8 Å². The Bertz CT molecular complexity index is 2130. The van der Waals surface area contributed by atoms with Gasteiger partial charge in [-0.25, -0.2) is 19.2 Å². The number of carbonyl (C=O) groups excluding carboxylic acids is 5. The highest BCUT2D eigenvalue weighted by Gasteiger charge is 2.35. The number of nitrogens with one attached hydrogen (secondary N) is 1. The smallest absolute Gasteiger partial charge is 0.436 e. The molecule has 18 heteroatoms. The third-order valence-corrected chi connectivity index (χ3v) is 12.2. The zero-order valence-corrected chi connectivity index (χ0v) is 37.5. The van der Waals surface area contributed by atoms with Gasteiger partial charge in [0.05, 0.1) is 18.7 Å². The number of rotatable bonds is 10. The Morgan fingerprint density at radius 2 is 1.53 bits per heavy atom. The molecule has 2 atom stereocenters. The number of carbonyl (C=O) groups is 5. The van der Waals surface area contributed by atoms with Gasteiger partial charge in [0.2, 0.25) is 6.29 Å². The molecule has 0 aliphatic carbocycles. The number of ether oxygens (including phenoxy) is 4. The van der Waals surface area contributed by atoms with Gasteiger partial charge >= 0.3 is 30.0 Å². The highest BCUT2D eigenvalue weighted by Crippen LogP contribution is 2.27. The van der Waals surface area contributed by atoms with Crippen molar-refractivity contribution in [3.63, 3.8) is 0 Å². The van der Waals surface area contributed by atoms with Crippen LogP contribution in [0.5, 0.6) is 0 Å². The molecule has 1 aromatic heterocycles. The van der Waals surface area contributed by atoms with Crippen LogP contribution in [0.2, 0.25) is 0 Å². The third kappa shape index (κ3) is 13.0. The van der Waals surface area contributed by atoms with Gasteiger partial charge in [0, 0.05) is 91.0 Å². The van der Waals surface area contributed by atoms with E-state index in [1.54, 1.807) is 29.8 Å². The first-order valence-electron chi connectivity index (χ1n) is 22.1. The summed E-state index contributed by atoms with van der Waals surface area (Å²) in [5.74, 6) is -0.505. The second-order valence-corrected chi connectivity index (χ2v) is 17.0. The first-order valence-corrected chi connectivity index (χ1v) is 22.1. The van der Waals surface area contributed by atoms with Crippen LogP contribution in [0.4, 0.5) is 20.1 Å². The van der Waals surface area contributed by atoms with Gasteiger partial charge in [0.25, 0.3) is 5.91 Å². The zero-order valence-electron chi connectivity index (χ0n) is 37.5. The quantitative estimate of drug-likeness (QED) is 0.159. The topological polar surface area (TPSA) is 186 Å². The number of anilines is 1. The molecule has 0 bridgehead atoms. The van der Waals surface area contributed by atoms with Crippen LogP contribution in [-0.4, -0.2) is 157 Å². The van der Waals surface area contributed by atoms with Crippen molar-refractivity contribution in [2.45, 2.75) is 92.1 Å². The monoisotopic (exact) mass is 893 g/mol. The molecule has 2 aromatic carbocycles. The summed E-state index contributed by atoms with van der Waals surface area (Å²) in [6.45, 7) is 13.9. The van der Waals surface area contributed by atoms with E-state index in [2.05, 4.69) is 21.9 Å². The maximum absolute atomic E-state index is 13.8. The number of amides is 4. The normalized spacial score (nSPS) is 18.6. The number of benzene rings is 2. The summed E-state index contributed by atoms with van der Waals surface area (Å²) >= 11 is 0. The van der Waals surface area contributed by atoms with E-state index >= 15 is 0 Å². The molecule has 1 N–H and O–H groups in total. The van der Waals surface area contributed by atoms with Crippen LogP contribution in [0.3, 0.4) is 0 Å². The van der Waals surface area contributed by atoms with Crippen LogP contribution in [0.25, 0.3) is 11.1 Å². The number of para-hydroxylation sites is 1. The molecule has 0 radical (unpaired) electrons. The number of piperazine rings is 1. The molecule has 4 aliphatic rings. The predicted octanol–water partition coefficient (Wildman–Crippen LogP) is 5.23. The zero-order chi connectivity index (χ0) is 45.2. The SMILES string of the molecule is C.CCOC(=O)OC(C)OC(=O)CN1CCN(C)CC1.Cc1cc(C[C@@H](OC(=O)N2CCC(N3CCc4ccccc4NC3=O)CC2)C(=O)N2CCC(C)CC2)cc2oc(=O)n(C)c12. The molecule has 5 heterocycles. The Morgan fingerprint density at radius 1 is 0.859 bits per heavy atom. The van der Waals surface area contributed by atoms with Crippen molar-refractivity contribution in [2.24, 2.45) is 13.0 Å². The molecule has 7 rings (SSSR count). The van der Waals surface area contributed by atoms with Crippen LogP contribution in [0.1, 0.15) is 70.6 Å². The minimum atomic E-state index is -1.00. The van der Waals surface area contributed by atoms with Crippen molar-refractivity contribution in [3.05, 3.63) is 63.6 Å². The molecule has 0 saturated carbocycles. The van der Waals surface area contributed by atoms with E-state index < -0.39 is 36.4 Å². The van der Waals surface area contributed by atoms with Crippen LogP contribution in [0.15, 0.2) is 45.6 Å². The number of likely N-dealkylation sites (tertiary alicyclic amines) is 2. The molecule has 0 spiro atoms. The Morgan fingerprint density at radius 3 is 2.22 bits per heavy atom. The molecule has 3 fully saturated rings. The van der Waals surface area contributed by atoms with Crippen LogP contribution < -0.4 is 11.1 Å². The van der Waals surface area contributed by atoms with E-state index in [0.29, 0.717) is 62.6 Å². The molecule has 3 aromatic rings. The number of urea groups is 1. The lowest BCUT2D eigenvalue weighted by molar-refractivity contribution is -0.169. The third-order valence-electron chi connectivity index (χ3n) is 12.2. The Balaban J connectivity index is 0.000000326. The van der Waals surface area contributed by atoms with Gasteiger partial charge in [0.15, 0.2) is 11.7 Å². The van der Waals surface area contributed by atoms with Crippen molar-refractivity contribution >= 4 is 46.9 Å². The van der Waals surface area contributed by atoms with Crippen molar-refractivity contribution in [2.75, 3.05) is 84.4 Å². The molecule has 64 heavy (non-hydrogen) atoms. The summed E-state index contributed by atoms with van der Waals surface area (Å²) in [6.07, 6.45) is 0.741. The number of hydrogen-bond donors (Lipinski definition) is 1. The summed E-state index contributed by atoms with van der Waals surface area (Å²) in [6, 6.07) is 11.4. The first-order chi connectivity index (χ1) is 30.2. The van der Waals surface area contributed by atoms with Crippen LogP contribution >= 0.6 is 0 Å². The highest BCUT2D eigenvalue weighted by atomic mass is 16.8. The number of nitrogens with zero attached hydrogens (tertiary/aromatic N) is 6. The number of piperidine rings is 2. The van der Waals surface area contributed by atoms with Crippen LogP contribution in [0, 0.1) is 12.8 Å². The van der Waals surface area contributed by atoms with E-state index in [1.807, 2.05) is 54.1 Å². The average Bonchev–Trinajstić information content (AvgIpc) is 3.43. The standard InChI is InChI=1S/C33H41N5O6.C12H22N2O5.CH4/c1-21-8-13-36(14-9-21)30(39)28(20-23-18-22(2)29-27(19-23)43-32(41)35(29)3)44-33(42)37-15-11-25(12-16-37)38-17-10-24-6-4-5-7-26(24)34-31(38)40;1-4-17-12(16)19-10(2)18-11(15)9-14-7-5-13(3)6-8-14;/h4-7,18-19,21,25,28H,8-17,20H2,1-3H3,(H,34,40);10H,4-9H2,1-3H3;1H4/t28-;;/m1../s1. The van der Waals surface area contributed by atoms with Crippen molar-refractivity contribution in [3.8, 4) is 0 Å². The van der Waals surface area contributed by atoms with Gasteiger partial charge < -0.3 is 48.3 Å². The number of oxazole rings is 1. The molecule has 18 nitrogen and oxygen atoms in total. The molecular formula is C46H67N7O11. The average molecular weight is 894 g/mol. The minimum absolute atomic E-state index is 0. The summed E-state index contributed by atoms with van der Waals surface area (Å²) in [4.78, 5) is 84.6. The second kappa shape index (κ2) is 22.8. The molecule has 4 aliphatic heterocycles. The van der Waals surface area contributed by atoms with Gasteiger partial charge in [-0.1, -0.05) is 38.6 Å². The summed E-state index contributed by atoms with van der Waals surface area (Å²) in [7, 11) is 3.71. The molecule has 1 unspecified atom stereocenters. The fraction of sp³-hybridized carbons (Fsp3) is 0.609. The Hall–Kier alpha value is -5.62. The van der Waals surface area contributed by atoms with Crippen molar-refractivity contribution in [1.29, 1.82) is 0 Å². The van der Waals surface area contributed by atoms with Gasteiger partial charge in [-0.3, -0.25) is 19.1 Å². The van der Waals surface area contributed by atoms with Gasteiger partial charge in [0.1, 0.15) is 0 Å². The molecule has 352 valence electrons. The molecular weight excluding hydrogens is 827 g/mol. The fourth-order valence-corrected chi connectivity index (χ4v) is 8.54. The number of hydrogen-bond acceptors (Lipinski definition) is 13. The van der Waals surface area contributed by atoms with Gasteiger partial charge in [-0.15, -0.1) is 0 Å². The highest BCUT2D eigenvalue weighted by molar-refractivity contribution is 5.91. The van der Waals surface area contributed by atoms with E-state index in [1.165, 1.54) is 11.5 Å². The minimum Gasteiger partial charge on any atom is -0.436 e. The number of aryl methyl sites for hydroxylation is 2. The number of aromatic nitrogens is 1. The number of fused-ring (bicyclic) bond motifs is 2. The molecule has 4 amide bonds. The van der Waals surface area contributed by atoms with Crippen molar-refractivity contribution in [1.82, 2.24) is 29.1 Å². The lowest BCUT2D eigenvalue weighted by atomic mass is 9.98. The van der Waals surface area contributed by atoms with Crippen LogP contribution in [-0.2, 0) is 48.4 Å². The Labute approximate surface area is 375 Å². The number of likely N-dealkylation sites (N-methyl/N-ethyl adjacent to an activating group) is 1.